The summed E-state index contributed by atoms with van der Waals surface area (Å²) >= 11 is 0. The number of aromatic nitrogens is 1. The molecule has 5 nitrogen and oxygen atoms in total. The summed E-state index contributed by atoms with van der Waals surface area (Å²) in [5, 5.41) is 2.91. The average Bonchev–Trinajstić information content (AvgIpc) is 2.63. The molecule has 1 aromatic heterocycles. The number of aryl methyl sites for hydroxylation is 1. The van der Waals surface area contributed by atoms with Crippen molar-refractivity contribution in [3.8, 4) is 0 Å². The predicted octanol–water partition coefficient (Wildman–Crippen LogP) is 2.93. The highest BCUT2D eigenvalue weighted by molar-refractivity contribution is 6.02. The van der Waals surface area contributed by atoms with Crippen LogP contribution in [0.4, 0.5) is 11.4 Å². The molecule has 1 fully saturated rings. The lowest BCUT2D eigenvalue weighted by molar-refractivity contribution is -0.908. The topological polar surface area (TPSA) is 45.2 Å². The van der Waals surface area contributed by atoms with Gasteiger partial charge in [0, 0.05) is 17.1 Å². The second-order valence-electron chi connectivity index (χ2n) is 7.04. The average molecular weight is 339 g/mol. The van der Waals surface area contributed by atoms with E-state index in [9.17, 15) is 4.79 Å². The van der Waals surface area contributed by atoms with Crippen LogP contribution in [0.1, 0.15) is 23.1 Å². The SMILES string of the molecule is CC[N+]1(C)CCN(c2ccc(NC(=O)c3cccc(C)n3)cc2)CC1. The molecule has 5 heteroatoms. The molecule has 2 aromatic rings. The fourth-order valence-electron chi connectivity index (χ4n) is 3.14. The Morgan fingerprint density at radius 1 is 1.16 bits per heavy atom. The van der Waals surface area contributed by atoms with Crippen LogP contribution in [0.3, 0.4) is 0 Å². The Balaban J connectivity index is 1.62. The van der Waals surface area contributed by atoms with Crippen LogP contribution in [0.2, 0.25) is 0 Å². The number of anilines is 2. The summed E-state index contributed by atoms with van der Waals surface area (Å²) in [6, 6.07) is 13.6. The molecule has 0 unspecified atom stereocenters. The number of carbonyl (C=O) groups excluding carboxylic acids is 1. The molecule has 0 saturated carbocycles. The molecular formula is C20H27N4O+. The van der Waals surface area contributed by atoms with Gasteiger partial charge in [-0.15, -0.1) is 0 Å². The van der Waals surface area contributed by atoms with Crippen LogP contribution >= 0.6 is 0 Å². The van der Waals surface area contributed by atoms with Gasteiger partial charge in [0.1, 0.15) is 5.69 Å². The molecule has 1 aromatic carbocycles. The summed E-state index contributed by atoms with van der Waals surface area (Å²) in [5.41, 5.74) is 3.29. The Morgan fingerprint density at radius 3 is 2.44 bits per heavy atom. The van der Waals surface area contributed by atoms with Crippen molar-refractivity contribution >= 4 is 17.3 Å². The zero-order valence-electron chi connectivity index (χ0n) is 15.3. The highest BCUT2D eigenvalue weighted by Gasteiger charge is 2.26. The first kappa shape index (κ1) is 17.4. The lowest BCUT2D eigenvalue weighted by Crippen LogP contribution is -2.57. The van der Waals surface area contributed by atoms with Crippen molar-refractivity contribution in [2.45, 2.75) is 13.8 Å². The van der Waals surface area contributed by atoms with Crippen LogP contribution in [0.25, 0.3) is 0 Å². The molecule has 1 aliphatic heterocycles. The minimum absolute atomic E-state index is 0.176. The number of amides is 1. The standard InChI is InChI=1S/C20H26N4O/c1-4-24(3)14-12-23(13-15-24)18-10-8-17(9-11-18)22-20(25)19-7-5-6-16(2)21-19/h5-11H,4,12-15H2,1-3H3/p+1. The van der Waals surface area contributed by atoms with Crippen molar-refractivity contribution in [1.82, 2.24) is 4.98 Å². The smallest absolute Gasteiger partial charge is 0.274 e. The minimum Gasteiger partial charge on any atom is -0.360 e. The Morgan fingerprint density at radius 2 is 1.84 bits per heavy atom. The van der Waals surface area contributed by atoms with E-state index in [4.69, 9.17) is 0 Å². The van der Waals surface area contributed by atoms with E-state index < -0.39 is 0 Å². The van der Waals surface area contributed by atoms with E-state index in [0.29, 0.717) is 5.69 Å². The second kappa shape index (κ2) is 7.23. The molecule has 1 aliphatic rings. The Labute approximate surface area is 149 Å². The maximum Gasteiger partial charge on any atom is 0.274 e. The summed E-state index contributed by atoms with van der Waals surface area (Å²) in [4.78, 5) is 19.0. The normalized spacial score (nSPS) is 16.5. The fourth-order valence-corrected chi connectivity index (χ4v) is 3.14. The largest absolute Gasteiger partial charge is 0.360 e. The van der Waals surface area contributed by atoms with Gasteiger partial charge in [-0.05, 0) is 50.2 Å². The molecule has 0 aliphatic carbocycles. The number of carbonyl (C=O) groups is 1. The van der Waals surface area contributed by atoms with E-state index in [0.717, 1.165) is 29.0 Å². The maximum atomic E-state index is 12.3. The van der Waals surface area contributed by atoms with Crippen LogP contribution < -0.4 is 10.2 Å². The van der Waals surface area contributed by atoms with Gasteiger partial charge in [-0.25, -0.2) is 4.98 Å². The number of pyridine rings is 1. The molecule has 1 amide bonds. The molecule has 1 saturated heterocycles. The third-order valence-electron chi connectivity index (χ3n) is 5.19. The predicted molar refractivity (Wildman–Crippen MR) is 102 cm³/mol. The molecule has 132 valence electrons. The van der Waals surface area contributed by atoms with Gasteiger partial charge in [-0.1, -0.05) is 6.07 Å². The highest BCUT2D eigenvalue weighted by Crippen LogP contribution is 2.21. The van der Waals surface area contributed by atoms with E-state index in [-0.39, 0.29) is 5.91 Å². The van der Waals surface area contributed by atoms with Crippen molar-refractivity contribution in [3.63, 3.8) is 0 Å². The lowest BCUT2D eigenvalue weighted by Gasteiger charge is -2.42. The number of likely N-dealkylation sites (N-methyl/N-ethyl adjacent to an activating group) is 1. The van der Waals surface area contributed by atoms with Gasteiger partial charge >= 0.3 is 0 Å². The van der Waals surface area contributed by atoms with Gasteiger partial charge in [0.25, 0.3) is 5.91 Å². The van der Waals surface area contributed by atoms with Gasteiger partial charge in [0.15, 0.2) is 0 Å². The molecular weight excluding hydrogens is 312 g/mol. The molecule has 3 rings (SSSR count). The zero-order chi connectivity index (χ0) is 17.9. The van der Waals surface area contributed by atoms with Crippen LogP contribution in [0, 0.1) is 6.92 Å². The van der Waals surface area contributed by atoms with E-state index in [1.807, 2.05) is 31.2 Å². The summed E-state index contributed by atoms with van der Waals surface area (Å²) in [7, 11) is 2.33. The quantitative estimate of drug-likeness (QED) is 0.871. The molecule has 1 N–H and O–H groups in total. The van der Waals surface area contributed by atoms with Gasteiger partial charge in [0.05, 0.1) is 39.8 Å². The van der Waals surface area contributed by atoms with Crippen LogP contribution in [0.15, 0.2) is 42.5 Å². The first-order valence-electron chi connectivity index (χ1n) is 8.93. The van der Waals surface area contributed by atoms with E-state index in [1.54, 1.807) is 6.07 Å². The summed E-state index contributed by atoms with van der Waals surface area (Å²) in [6.07, 6.45) is 0. The molecule has 25 heavy (non-hydrogen) atoms. The first-order chi connectivity index (χ1) is 12.0. The number of nitrogens with one attached hydrogen (secondary N) is 1. The van der Waals surface area contributed by atoms with Crippen LogP contribution in [-0.2, 0) is 0 Å². The summed E-state index contributed by atoms with van der Waals surface area (Å²) in [5.74, 6) is -0.176. The first-order valence-corrected chi connectivity index (χ1v) is 8.93. The van der Waals surface area contributed by atoms with E-state index in [2.05, 4.69) is 41.3 Å². The molecule has 0 radical (unpaired) electrons. The van der Waals surface area contributed by atoms with Crippen molar-refractivity contribution in [2.24, 2.45) is 0 Å². The third-order valence-corrected chi connectivity index (χ3v) is 5.19. The molecule has 0 bridgehead atoms. The van der Waals surface area contributed by atoms with Crippen LogP contribution in [-0.4, -0.2) is 55.1 Å². The zero-order valence-corrected chi connectivity index (χ0v) is 15.3. The Bertz CT molecular complexity index is 734. The van der Waals surface area contributed by atoms with Gasteiger partial charge in [-0.3, -0.25) is 4.79 Å². The Hall–Kier alpha value is -2.40. The number of nitrogens with zero attached hydrogens (tertiary/aromatic N) is 3. The summed E-state index contributed by atoms with van der Waals surface area (Å²) in [6.45, 7) is 9.82. The van der Waals surface area contributed by atoms with Gasteiger partial charge in [0.2, 0.25) is 0 Å². The monoisotopic (exact) mass is 339 g/mol. The highest BCUT2D eigenvalue weighted by atomic mass is 16.1. The molecule has 0 atom stereocenters. The molecule has 0 spiro atoms. The number of hydrogen-bond donors (Lipinski definition) is 1. The van der Waals surface area contributed by atoms with Crippen molar-refractivity contribution in [3.05, 3.63) is 53.9 Å². The summed E-state index contributed by atoms with van der Waals surface area (Å²) < 4.78 is 1.15. The van der Waals surface area contributed by atoms with Crippen molar-refractivity contribution < 1.29 is 9.28 Å². The number of quaternary nitrogens is 1. The number of piperazine rings is 1. The van der Waals surface area contributed by atoms with E-state index >= 15 is 0 Å². The van der Waals surface area contributed by atoms with Crippen molar-refractivity contribution in [1.29, 1.82) is 0 Å². The number of benzene rings is 1. The third kappa shape index (κ3) is 4.17. The fraction of sp³-hybridized carbons (Fsp3) is 0.400. The van der Waals surface area contributed by atoms with Crippen LogP contribution in [0.5, 0.6) is 0 Å². The second-order valence-corrected chi connectivity index (χ2v) is 7.04. The lowest BCUT2D eigenvalue weighted by atomic mass is 10.2. The number of hydrogen-bond acceptors (Lipinski definition) is 3. The van der Waals surface area contributed by atoms with Crippen molar-refractivity contribution in [2.75, 3.05) is 50.0 Å². The minimum atomic E-state index is -0.176. The maximum absolute atomic E-state index is 12.3. The van der Waals surface area contributed by atoms with Gasteiger partial charge in [-0.2, -0.15) is 0 Å². The number of rotatable bonds is 4. The van der Waals surface area contributed by atoms with Gasteiger partial charge < -0.3 is 14.7 Å². The molecule has 2 heterocycles. The van der Waals surface area contributed by atoms with E-state index in [1.165, 1.54) is 25.3 Å². The Kier molecular flexibility index (Phi) is 5.04.